The first kappa shape index (κ1) is 13.4. The average Bonchev–Trinajstić information content (AvgIpc) is 3.11. The number of carbonyl (C=O) groups is 1. The Hall–Kier alpha value is -1.99. The number of hydrogen-bond donors (Lipinski definition) is 2. The Morgan fingerprint density at radius 3 is 2.58 bits per heavy atom. The number of halogens is 3. The van der Waals surface area contributed by atoms with Gasteiger partial charge in [-0.2, -0.15) is 13.2 Å². The first-order valence-electron chi connectivity index (χ1n) is 5.49. The van der Waals surface area contributed by atoms with Crippen molar-refractivity contribution in [1.82, 2.24) is 4.98 Å². The molecular weight excluding hydrogens is 263 g/mol. The van der Waals surface area contributed by atoms with Crippen LogP contribution in [0.15, 0.2) is 12.1 Å². The molecule has 1 aromatic rings. The highest BCUT2D eigenvalue weighted by molar-refractivity contribution is 5.88. The molecule has 3 N–H and O–H groups in total. The lowest BCUT2D eigenvalue weighted by Crippen LogP contribution is -2.39. The van der Waals surface area contributed by atoms with Crippen LogP contribution in [0.2, 0.25) is 0 Å². The van der Waals surface area contributed by atoms with Crippen LogP contribution in [0.3, 0.4) is 0 Å². The molecule has 8 heteroatoms. The molecule has 0 atom stereocenters. The summed E-state index contributed by atoms with van der Waals surface area (Å²) in [5, 5.41) is 2.29. The largest absolute Gasteiger partial charge is 0.464 e. The first-order chi connectivity index (χ1) is 8.79. The monoisotopic (exact) mass is 275 g/mol. The van der Waals surface area contributed by atoms with E-state index in [1.54, 1.807) is 0 Å². The van der Waals surface area contributed by atoms with Crippen LogP contribution in [-0.2, 0) is 4.74 Å². The Morgan fingerprint density at radius 2 is 2.11 bits per heavy atom. The van der Waals surface area contributed by atoms with Gasteiger partial charge >= 0.3 is 12.1 Å². The summed E-state index contributed by atoms with van der Waals surface area (Å²) >= 11 is 0. The van der Waals surface area contributed by atoms with Crippen molar-refractivity contribution >= 4 is 17.5 Å². The van der Waals surface area contributed by atoms with Crippen molar-refractivity contribution < 1.29 is 22.7 Å². The lowest BCUT2D eigenvalue weighted by atomic mass is 10.2. The van der Waals surface area contributed by atoms with Gasteiger partial charge in [0.25, 0.3) is 0 Å². The van der Waals surface area contributed by atoms with E-state index in [2.05, 4.69) is 15.0 Å². The molecule has 0 bridgehead atoms. The number of nitrogens with zero attached hydrogens (tertiary/aromatic N) is 1. The predicted molar refractivity (Wildman–Crippen MR) is 61.6 cm³/mol. The van der Waals surface area contributed by atoms with Gasteiger partial charge in [0.15, 0.2) is 11.5 Å². The van der Waals surface area contributed by atoms with E-state index < -0.39 is 17.7 Å². The Balaban J connectivity index is 2.28. The minimum Gasteiger partial charge on any atom is -0.464 e. The lowest BCUT2D eigenvalue weighted by Gasteiger charge is -2.22. The number of alkyl halides is 3. The van der Waals surface area contributed by atoms with Gasteiger partial charge in [-0.25, -0.2) is 9.78 Å². The van der Waals surface area contributed by atoms with Crippen LogP contribution in [0.4, 0.5) is 24.7 Å². The summed E-state index contributed by atoms with van der Waals surface area (Å²) < 4.78 is 42.9. The number of methoxy groups -OCH3 is 1. The highest BCUT2D eigenvalue weighted by atomic mass is 19.4. The van der Waals surface area contributed by atoms with Crippen LogP contribution in [0, 0.1) is 0 Å². The fourth-order valence-corrected chi connectivity index (χ4v) is 1.62. The molecule has 0 spiro atoms. The molecule has 0 amide bonds. The van der Waals surface area contributed by atoms with Crippen molar-refractivity contribution in [2.45, 2.75) is 24.6 Å². The number of nitrogens with two attached hydrogens (primary N) is 1. The quantitative estimate of drug-likeness (QED) is 0.824. The first-order valence-corrected chi connectivity index (χ1v) is 5.49. The summed E-state index contributed by atoms with van der Waals surface area (Å²) in [7, 11) is 1.16. The van der Waals surface area contributed by atoms with Crippen LogP contribution < -0.4 is 11.1 Å². The maximum atomic E-state index is 12.8. The fraction of sp³-hybridized carbons (Fsp3) is 0.455. The van der Waals surface area contributed by atoms with E-state index in [4.69, 9.17) is 5.73 Å². The van der Waals surface area contributed by atoms with Gasteiger partial charge in [-0.05, 0) is 25.0 Å². The second kappa shape index (κ2) is 4.29. The summed E-state index contributed by atoms with van der Waals surface area (Å²) in [6.07, 6.45) is -4.47. The summed E-state index contributed by atoms with van der Waals surface area (Å²) in [5.41, 5.74) is 3.53. The Kier molecular flexibility index (Phi) is 3.03. The van der Waals surface area contributed by atoms with E-state index in [1.807, 2.05) is 0 Å². The molecule has 5 nitrogen and oxygen atoms in total. The number of nitrogen functional groups attached to an aromatic ring is 1. The van der Waals surface area contributed by atoms with Crippen LogP contribution in [0.5, 0.6) is 0 Å². The Morgan fingerprint density at radius 1 is 1.47 bits per heavy atom. The van der Waals surface area contributed by atoms with Crippen molar-refractivity contribution in [1.29, 1.82) is 0 Å². The third-order valence-electron chi connectivity index (χ3n) is 2.97. The van der Waals surface area contributed by atoms with Crippen LogP contribution >= 0.6 is 0 Å². The number of esters is 1. The number of anilines is 2. The van der Waals surface area contributed by atoms with Gasteiger partial charge in [-0.3, -0.25) is 0 Å². The summed E-state index contributed by atoms with van der Waals surface area (Å²) in [6, 6.07) is 2.60. The fourth-order valence-electron chi connectivity index (χ4n) is 1.62. The third-order valence-corrected chi connectivity index (χ3v) is 2.97. The van der Waals surface area contributed by atoms with Crippen molar-refractivity contribution in [2.75, 3.05) is 18.2 Å². The van der Waals surface area contributed by atoms with E-state index in [-0.39, 0.29) is 30.0 Å². The van der Waals surface area contributed by atoms with Gasteiger partial charge in [0.2, 0.25) is 0 Å². The van der Waals surface area contributed by atoms with Crippen LogP contribution in [0.1, 0.15) is 23.3 Å². The molecule has 1 aliphatic rings. The molecule has 0 aromatic carbocycles. The summed E-state index contributed by atoms with van der Waals surface area (Å²) in [4.78, 5) is 15.1. The number of rotatable bonds is 3. The van der Waals surface area contributed by atoms with Crippen molar-refractivity contribution in [3.63, 3.8) is 0 Å². The van der Waals surface area contributed by atoms with E-state index >= 15 is 0 Å². The number of ether oxygens (including phenoxy) is 1. The second-order valence-corrected chi connectivity index (χ2v) is 4.33. The normalized spacial score (nSPS) is 16.8. The molecule has 1 saturated carbocycles. The zero-order valence-electron chi connectivity index (χ0n) is 10.0. The number of carbonyl (C=O) groups excluding carboxylic acids is 1. The minimum absolute atomic E-state index is 0.0416. The third kappa shape index (κ3) is 2.42. The molecule has 1 heterocycles. The van der Waals surface area contributed by atoms with E-state index in [0.717, 1.165) is 7.11 Å². The SMILES string of the molecule is COC(=O)c1ccc(N)c(NC2(C(F)(F)F)CC2)n1. The van der Waals surface area contributed by atoms with Crippen molar-refractivity contribution in [3.8, 4) is 0 Å². The predicted octanol–water partition coefficient (Wildman–Crippen LogP) is 1.96. The van der Waals surface area contributed by atoms with Crippen molar-refractivity contribution in [3.05, 3.63) is 17.8 Å². The summed E-state index contributed by atoms with van der Waals surface area (Å²) in [5.74, 6) is -0.891. The van der Waals surface area contributed by atoms with Crippen molar-refractivity contribution in [2.24, 2.45) is 0 Å². The number of aromatic nitrogens is 1. The highest BCUT2D eigenvalue weighted by Gasteiger charge is 2.63. The molecule has 0 aliphatic heterocycles. The lowest BCUT2D eigenvalue weighted by molar-refractivity contribution is -0.151. The molecule has 104 valence electrons. The van der Waals surface area contributed by atoms with Gasteiger partial charge in [0.05, 0.1) is 12.8 Å². The number of pyridine rings is 1. The number of nitrogens with one attached hydrogen (secondary N) is 1. The van der Waals surface area contributed by atoms with E-state index in [1.165, 1.54) is 12.1 Å². The highest BCUT2D eigenvalue weighted by Crippen LogP contribution is 2.51. The molecule has 0 saturated heterocycles. The molecule has 2 rings (SSSR count). The van der Waals surface area contributed by atoms with Gasteiger partial charge < -0.3 is 15.8 Å². The Labute approximate surface area is 106 Å². The smallest absolute Gasteiger partial charge is 0.411 e. The maximum absolute atomic E-state index is 12.8. The Bertz CT molecular complexity index is 512. The summed E-state index contributed by atoms with van der Waals surface area (Å²) in [6.45, 7) is 0. The molecule has 1 aromatic heterocycles. The van der Waals surface area contributed by atoms with Crippen LogP contribution in [0.25, 0.3) is 0 Å². The molecule has 1 aliphatic carbocycles. The number of hydrogen-bond acceptors (Lipinski definition) is 5. The maximum Gasteiger partial charge on any atom is 0.411 e. The topological polar surface area (TPSA) is 77.2 Å². The van der Waals surface area contributed by atoms with Crippen LogP contribution in [-0.4, -0.2) is 29.8 Å². The molecule has 0 unspecified atom stereocenters. The minimum atomic E-state index is -4.39. The average molecular weight is 275 g/mol. The van der Waals surface area contributed by atoms with Gasteiger partial charge in [0.1, 0.15) is 5.54 Å². The molecule has 0 radical (unpaired) electrons. The van der Waals surface area contributed by atoms with E-state index in [9.17, 15) is 18.0 Å². The zero-order chi connectivity index (χ0) is 14.3. The van der Waals surface area contributed by atoms with Gasteiger partial charge in [-0.1, -0.05) is 0 Å². The molecular formula is C11H12F3N3O2. The van der Waals surface area contributed by atoms with E-state index in [0.29, 0.717) is 0 Å². The van der Waals surface area contributed by atoms with Gasteiger partial charge in [0, 0.05) is 0 Å². The zero-order valence-corrected chi connectivity index (χ0v) is 10.0. The standard InChI is InChI=1S/C11H12F3N3O2/c1-19-9(18)7-3-2-6(15)8(16-7)17-10(4-5-10)11(12,13)14/h2-3H,4-5,15H2,1H3,(H,16,17). The second-order valence-electron chi connectivity index (χ2n) is 4.33. The van der Waals surface area contributed by atoms with Gasteiger partial charge in [-0.15, -0.1) is 0 Å². The molecule has 19 heavy (non-hydrogen) atoms. The molecule has 1 fully saturated rings.